The molecule has 0 spiro atoms. The van der Waals surface area contributed by atoms with Crippen LogP contribution in [0.2, 0.25) is 0 Å². The fourth-order valence-electron chi connectivity index (χ4n) is 1.42. The molecule has 0 N–H and O–H groups in total. The Bertz CT molecular complexity index is 441. The van der Waals surface area contributed by atoms with Gasteiger partial charge in [0, 0.05) is 36.2 Å². The smallest absolute Gasteiger partial charge is 0.213 e. The zero-order valence-corrected chi connectivity index (χ0v) is 12.4. The zero-order chi connectivity index (χ0) is 14.1. The van der Waals surface area contributed by atoms with Crippen molar-refractivity contribution in [3.8, 4) is 0 Å². The van der Waals surface area contributed by atoms with Crippen LogP contribution in [-0.4, -0.2) is 30.6 Å². The molecular formula is C15H20N2OS. The van der Waals surface area contributed by atoms with E-state index >= 15 is 0 Å². The maximum absolute atomic E-state index is 11.0. The van der Waals surface area contributed by atoms with Gasteiger partial charge in [-0.05, 0) is 19.4 Å². The van der Waals surface area contributed by atoms with Gasteiger partial charge in [-0.3, -0.25) is 9.79 Å². The number of allylic oxidation sites excluding steroid dienone is 1. The average molecular weight is 276 g/mol. The van der Waals surface area contributed by atoms with Crippen molar-refractivity contribution in [2.45, 2.75) is 25.6 Å². The minimum atomic E-state index is 0.148. The van der Waals surface area contributed by atoms with Crippen LogP contribution in [-0.2, 0) is 10.5 Å². The van der Waals surface area contributed by atoms with Crippen molar-refractivity contribution in [1.82, 2.24) is 4.90 Å². The minimum Gasteiger partial charge on any atom is -0.318 e. The standard InChI is InChI=1S/C15H20N2OS/c1-13(2)17(12-18)10-15(9-16-3)19-11-14-7-5-4-6-8-14/h4-10,12-13H,11H2,1-3H3/b15-10+,16-9-. The first kappa shape index (κ1) is 15.5. The van der Waals surface area contributed by atoms with Crippen LogP contribution in [0.1, 0.15) is 19.4 Å². The lowest BCUT2D eigenvalue weighted by Crippen LogP contribution is -2.23. The van der Waals surface area contributed by atoms with E-state index in [9.17, 15) is 4.79 Å². The summed E-state index contributed by atoms with van der Waals surface area (Å²) < 4.78 is 0. The van der Waals surface area contributed by atoms with Crippen LogP contribution in [0.3, 0.4) is 0 Å². The van der Waals surface area contributed by atoms with E-state index in [1.165, 1.54) is 5.56 Å². The molecule has 102 valence electrons. The van der Waals surface area contributed by atoms with Gasteiger partial charge in [0.15, 0.2) is 0 Å². The Hall–Kier alpha value is -1.55. The largest absolute Gasteiger partial charge is 0.318 e. The van der Waals surface area contributed by atoms with E-state index in [2.05, 4.69) is 17.1 Å². The Labute approximate surface area is 119 Å². The summed E-state index contributed by atoms with van der Waals surface area (Å²) in [5.41, 5.74) is 1.25. The highest BCUT2D eigenvalue weighted by Gasteiger charge is 2.05. The van der Waals surface area contributed by atoms with E-state index in [4.69, 9.17) is 0 Å². The summed E-state index contributed by atoms with van der Waals surface area (Å²) in [5, 5.41) is 0. The minimum absolute atomic E-state index is 0.148. The number of nitrogens with zero attached hydrogens (tertiary/aromatic N) is 2. The summed E-state index contributed by atoms with van der Waals surface area (Å²) in [6.45, 7) is 3.96. The molecule has 1 rings (SSSR count). The van der Waals surface area contributed by atoms with E-state index in [1.807, 2.05) is 38.2 Å². The normalized spacial score (nSPS) is 12.1. The van der Waals surface area contributed by atoms with Crippen molar-refractivity contribution in [1.29, 1.82) is 0 Å². The van der Waals surface area contributed by atoms with Gasteiger partial charge >= 0.3 is 0 Å². The van der Waals surface area contributed by atoms with Crippen LogP contribution < -0.4 is 0 Å². The molecule has 3 nitrogen and oxygen atoms in total. The Morgan fingerprint density at radius 1 is 1.37 bits per heavy atom. The molecule has 0 aliphatic carbocycles. The number of thioether (sulfide) groups is 1. The molecule has 0 aliphatic heterocycles. The number of amides is 1. The Balaban J connectivity index is 2.72. The number of rotatable bonds is 7. The molecular weight excluding hydrogens is 256 g/mol. The monoisotopic (exact) mass is 276 g/mol. The maximum Gasteiger partial charge on any atom is 0.213 e. The van der Waals surface area contributed by atoms with Crippen LogP contribution in [0, 0.1) is 0 Å². The second kappa shape index (κ2) is 8.53. The van der Waals surface area contributed by atoms with Gasteiger partial charge in [0.2, 0.25) is 6.41 Å². The summed E-state index contributed by atoms with van der Waals surface area (Å²) in [5.74, 6) is 0.865. The van der Waals surface area contributed by atoms with Crippen LogP contribution >= 0.6 is 11.8 Å². The lowest BCUT2D eigenvalue weighted by Gasteiger charge is -2.17. The van der Waals surface area contributed by atoms with Gasteiger partial charge in [0.1, 0.15) is 0 Å². The van der Waals surface area contributed by atoms with E-state index in [-0.39, 0.29) is 6.04 Å². The quantitative estimate of drug-likeness (QED) is 0.565. The van der Waals surface area contributed by atoms with Crippen molar-refractivity contribution >= 4 is 24.4 Å². The molecule has 0 bridgehead atoms. The molecule has 1 aromatic carbocycles. The number of aliphatic imine (C=N–C) groups is 1. The average Bonchev–Trinajstić information content (AvgIpc) is 2.42. The molecule has 0 atom stereocenters. The topological polar surface area (TPSA) is 32.7 Å². The molecule has 19 heavy (non-hydrogen) atoms. The lowest BCUT2D eigenvalue weighted by molar-refractivity contribution is -0.117. The van der Waals surface area contributed by atoms with Crippen LogP contribution in [0.5, 0.6) is 0 Å². The number of benzene rings is 1. The molecule has 1 aromatic rings. The molecule has 1 amide bonds. The predicted molar refractivity (Wildman–Crippen MR) is 83.3 cm³/mol. The fraction of sp³-hybridized carbons (Fsp3) is 0.333. The van der Waals surface area contributed by atoms with E-state index in [0.717, 1.165) is 17.1 Å². The number of hydrogen-bond acceptors (Lipinski definition) is 3. The van der Waals surface area contributed by atoms with Crippen molar-refractivity contribution in [3.63, 3.8) is 0 Å². The van der Waals surface area contributed by atoms with E-state index in [0.29, 0.717) is 0 Å². The third-order valence-electron chi connectivity index (χ3n) is 2.50. The van der Waals surface area contributed by atoms with Crippen molar-refractivity contribution < 1.29 is 4.79 Å². The van der Waals surface area contributed by atoms with Gasteiger partial charge < -0.3 is 4.90 Å². The maximum atomic E-state index is 11.0. The first-order valence-electron chi connectivity index (χ1n) is 6.20. The van der Waals surface area contributed by atoms with Gasteiger partial charge in [-0.15, -0.1) is 11.8 Å². The highest BCUT2D eigenvalue weighted by atomic mass is 32.2. The molecule has 0 saturated carbocycles. The highest BCUT2D eigenvalue weighted by Crippen LogP contribution is 2.20. The van der Waals surface area contributed by atoms with Gasteiger partial charge in [0.05, 0.1) is 0 Å². The lowest BCUT2D eigenvalue weighted by atomic mass is 10.2. The molecule has 0 aliphatic rings. The summed E-state index contributed by atoms with van der Waals surface area (Å²) in [6.07, 6.45) is 4.47. The molecule has 0 heterocycles. The van der Waals surface area contributed by atoms with Crippen molar-refractivity contribution in [2.24, 2.45) is 4.99 Å². The van der Waals surface area contributed by atoms with Crippen molar-refractivity contribution in [2.75, 3.05) is 7.05 Å². The number of carbonyl (C=O) groups is 1. The van der Waals surface area contributed by atoms with Gasteiger partial charge in [0.25, 0.3) is 0 Å². The predicted octanol–water partition coefficient (Wildman–Crippen LogP) is 3.33. The Kier molecular flexibility index (Phi) is 6.97. The number of carbonyl (C=O) groups excluding carboxylic acids is 1. The van der Waals surface area contributed by atoms with E-state index in [1.54, 1.807) is 29.9 Å². The molecule has 0 aromatic heterocycles. The highest BCUT2D eigenvalue weighted by molar-refractivity contribution is 8.03. The number of hydrogen-bond donors (Lipinski definition) is 0. The first-order chi connectivity index (χ1) is 9.17. The fourth-order valence-corrected chi connectivity index (χ4v) is 2.33. The summed E-state index contributed by atoms with van der Waals surface area (Å²) in [6, 6.07) is 10.4. The Morgan fingerprint density at radius 3 is 2.58 bits per heavy atom. The third-order valence-corrected chi connectivity index (χ3v) is 3.52. The Morgan fingerprint density at radius 2 is 2.05 bits per heavy atom. The summed E-state index contributed by atoms with van der Waals surface area (Å²) in [4.78, 5) is 17.7. The molecule has 0 radical (unpaired) electrons. The second-order valence-electron chi connectivity index (χ2n) is 4.34. The third kappa shape index (κ3) is 5.75. The SMILES string of the molecule is C/N=C\C(=C/N(C=O)C(C)C)SCc1ccccc1. The van der Waals surface area contributed by atoms with Gasteiger partial charge in [-0.2, -0.15) is 0 Å². The zero-order valence-electron chi connectivity index (χ0n) is 11.6. The van der Waals surface area contributed by atoms with Gasteiger partial charge in [-0.1, -0.05) is 30.3 Å². The summed E-state index contributed by atoms with van der Waals surface area (Å²) in [7, 11) is 1.73. The molecule has 0 unspecified atom stereocenters. The van der Waals surface area contributed by atoms with Crippen LogP contribution in [0.4, 0.5) is 0 Å². The molecule has 0 fully saturated rings. The van der Waals surface area contributed by atoms with Crippen molar-refractivity contribution in [3.05, 3.63) is 47.0 Å². The molecule has 4 heteroatoms. The summed E-state index contributed by atoms with van der Waals surface area (Å²) >= 11 is 1.67. The van der Waals surface area contributed by atoms with Crippen LogP contribution in [0.25, 0.3) is 0 Å². The second-order valence-corrected chi connectivity index (χ2v) is 5.39. The van der Waals surface area contributed by atoms with E-state index < -0.39 is 0 Å². The van der Waals surface area contributed by atoms with Crippen LogP contribution in [0.15, 0.2) is 46.4 Å². The van der Waals surface area contributed by atoms with Gasteiger partial charge in [-0.25, -0.2) is 0 Å². The first-order valence-corrected chi connectivity index (χ1v) is 7.19. The molecule has 0 saturated heterocycles.